The maximum absolute atomic E-state index is 12.4. The van der Waals surface area contributed by atoms with E-state index in [2.05, 4.69) is 29.6 Å². The molecule has 1 aliphatic carbocycles. The number of unbranched alkanes of at least 4 members (excludes halogenated alkanes) is 2. The van der Waals surface area contributed by atoms with Gasteiger partial charge in [-0.2, -0.15) is 0 Å². The summed E-state index contributed by atoms with van der Waals surface area (Å²) in [4.78, 5) is 37.2. The van der Waals surface area contributed by atoms with Crippen molar-refractivity contribution in [2.24, 2.45) is 5.92 Å². The smallest absolute Gasteiger partial charge is 0.407 e. The van der Waals surface area contributed by atoms with Crippen molar-refractivity contribution in [1.82, 2.24) is 10.2 Å². The number of aliphatic hydroxyl groups is 1. The third-order valence-electron chi connectivity index (χ3n) is 6.81. The number of carboxylic acid groups (broad SMARTS) is 1. The van der Waals surface area contributed by atoms with Gasteiger partial charge in [0, 0.05) is 32.0 Å². The maximum Gasteiger partial charge on any atom is 0.407 e. The fourth-order valence-electron chi connectivity index (χ4n) is 5.03. The second kappa shape index (κ2) is 11.4. The van der Waals surface area contributed by atoms with E-state index in [1.165, 1.54) is 27.2 Å². The highest BCUT2D eigenvalue weighted by Gasteiger charge is 2.32. The molecule has 3 N–H and O–H groups in total. The monoisotopic (exact) mass is 480 g/mol. The summed E-state index contributed by atoms with van der Waals surface area (Å²) in [5, 5.41) is 21.8. The molecule has 2 aliphatic rings. The van der Waals surface area contributed by atoms with Crippen LogP contribution in [-0.2, 0) is 14.3 Å². The van der Waals surface area contributed by atoms with Gasteiger partial charge in [-0.25, -0.2) is 4.79 Å². The average molecular weight is 481 g/mol. The molecule has 1 fully saturated rings. The molecule has 186 valence electrons. The number of nitrogens with one attached hydrogen (secondary N) is 1. The molecule has 2 aromatic rings. The highest BCUT2D eigenvalue weighted by molar-refractivity contribution is 5.79. The first-order valence-corrected chi connectivity index (χ1v) is 12.2. The molecule has 2 atom stereocenters. The van der Waals surface area contributed by atoms with Gasteiger partial charge in [0.25, 0.3) is 0 Å². The van der Waals surface area contributed by atoms with Crippen LogP contribution in [0.15, 0.2) is 48.5 Å². The number of carboxylic acids is 1. The van der Waals surface area contributed by atoms with Crippen molar-refractivity contribution in [1.29, 1.82) is 0 Å². The molecule has 4 rings (SSSR count). The lowest BCUT2D eigenvalue weighted by Crippen LogP contribution is -2.48. The van der Waals surface area contributed by atoms with Crippen molar-refractivity contribution in [2.45, 2.75) is 44.1 Å². The summed E-state index contributed by atoms with van der Waals surface area (Å²) in [7, 11) is 0. The molecule has 2 aromatic carbocycles. The number of β-amino-alcohol motifs (C(OH)–C–C–N with tert-alkyl or cyclic N) is 1. The van der Waals surface area contributed by atoms with Crippen molar-refractivity contribution in [3.8, 4) is 11.1 Å². The number of carbonyl (C=O) groups is 3. The van der Waals surface area contributed by atoms with E-state index < -0.39 is 24.1 Å². The Hall–Kier alpha value is -3.39. The van der Waals surface area contributed by atoms with Gasteiger partial charge < -0.3 is 25.2 Å². The van der Waals surface area contributed by atoms with Gasteiger partial charge >= 0.3 is 12.1 Å². The van der Waals surface area contributed by atoms with Crippen LogP contribution in [0.5, 0.6) is 0 Å². The molecule has 0 saturated carbocycles. The van der Waals surface area contributed by atoms with Crippen molar-refractivity contribution in [3.63, 3.8) is 0 Å². The van der Waals surface area contributed by atoms with Crippen LogP contribution in [0.25, 0.3) is 11.1 Å². The van der Waals surface area contributed by atoms with E-state index in [9.17, 15) is 19.5 Å². The third-order valence-corrected chi connectivity index (χ3v) is 6.81. The minimum atomic E-state index is -0.985. The van der Waals surface area contributed by atoms with Gasteiger partial charge in [0.2, 0.25) is 5.91 Å². The molecule has 1 heterocycles. The van der Waals surface area contributed by atoms with Gasteiger partial charge in [-0.3, -0.25) is 9.59 Å². The SMILES string of the molecule is O=C(NCCCCCC(=O)N1CC(O)CC(C(=O)O)C1)OCC1c2ccccc2-c2ccccc21. The topological polar surface area (TPSA) is 116 Å². The number of fused-ring (bicyclic) bond motifs is 3. The number of aliphatic hydroxyl groups excluding tert-OH is 1. The first-order chi connectivity index (χ1) is 16.9. The zero-order valence-electron chi connectivity index (χ0n) is 19.7. The number of hydrogen-bond donors (Lipinski definition) is 3. The fourth-order valence-corrected chi connectivity index (χ4v) is 5.03. The molecule has 2 unspecified atom stereocenters. The van der Waals surface area contributed by atoms with Crippen LogP contribution in [0.4, 0.5) is 4.79 Å². The number of hydrogen-bond acceptors (Lipinski definition) is 5. The lowest BCUT2D eigenvalue weighted by atomic mass is 9.95. The second-order valence-electron chi connectivity index (χ2n) is 9.29. The van der Waals surface area contributed by atoms with Gasteiger partial charge in [-0.15, -0.1) is 0 Å². The fraction of sp³-hybridized carbons (Fsp3) is 0.444. The Bertz CT molecular complexity index is 1030. The summed E-state index contributed by atoms with van der Waals surface area (Å²) < 4.78 is 5.52. The van der Waals surface area contributed by atoms with Gasteiger partial charge in [-0.05, 0) is 41.5 Å². The number of aliphatic carboxylic acids is 1. The number of ether oxygens (including phenoxy) is 1. The number of amides is 2. The lowest BCUT2D eigenvalue weighted by Gasteiger charge is -2.34. The Labute approximate surface area is 204 Å². The molecule has 0 bridgehead atoms. The van der Waals surface area contributed by atoms with Gasteiger partial charge in [0.15, 0.2) is 0 Å². The average Bonchev–Trinajstić information content (AvgIpc) is 3.18. The molecule has 35 heavy (non-hydrogen) atoms. The van der Waals surface area contributed by atoms with Crippen LogP contribution < -0.4 is 5.32 Å². The molecule has 1 aliphatic heterocycles. The molecular weight excluding hydrogens is 448 g/mol. The number of benzene rings is 2. The number of nitrogens with zero attached hydrogens (tertiary/aromatic N) is 1. The zero-order chi connectivity index (χ0) is 24.8. The summed E-state index contributed by atoms with van der Waals surface area (Å²) in [6.07, 6.45) is 1.31. The number of alkyl carbamates (subject to hydrolysis) is 1. The largest absolute Gasteiger partial charge is 0.481 e. The Balaban J connectivity index is 1.14. The summed E-state index contributed by atoms with van der Waals surface area (Å²) in [5.74, 6) is -1.82. The summed E-state index contributed by atoms with van der Waals surface area (Å²) >= 11 is 0. The van der Waals surface area contributed by atoms with Crippen molar-refractivity contribution in [3.05, 3.63) is 59.7 Å². The van der Waals surface area contributed by atoms with E-state index in [1.54, 1.807) is 0 Å². The molecular formula is C27H32N2O6. The minimum Gasteiger partial charge on any atom is -0.481 e. The third kappa shape index (κ3) is 6.00. The predicted molar refractivity (Wildman–Crippen MR) is 130 cm³/mol. The van der Waals surface area contributed by atoms with E-state index in [4.69, 9.17) is 9.84 Å². The molecule has 0 aromatic heterocycles. The van der Waals surface area contributed by atoms with Crippen molar-refractivity contribution >= 4 is 18.0 Å². The highest BCUT2D eigenvalue weighted by atomic mass is 16.5. The molecule has 8 heteroatoms. The van der Waals surface area contributed by atoms with E-state index >= 15 is 0 Å². The standard InChI is InChI=1S/C27H32N2O6/c30-19-14-18(26(32)33)15-29(16-19)25(31)12-2-1-7-13-28-27(34)35-17-24-22-10-5-3-8-20(22)21-9-4-6-11-23(21)24/h3-6,8-11,18-19,24,30H,1-2,7,12-17H2,(H,28,34)(H,32,33). The Morgan fingerprint density at radius 2 is 1.60 bits per heavy atom. The van der Waals surface area contributed by atoms with Crippen LogP contribution >= 0.6 is 0 Å². The second-order valence-corrected chi connectivity index (χ2v) is 9.29. The van der Waals surface area contributed by atoms with E-state index in [0.717, 1.165) is 6.42 Å². The van der Waals surface area contributed by atoms with Gasteiger partial charge in [-0.1, -0.05) is 55.0 Å². The number of piperidine rings is 1. The lowest BCUT2D eigenvalue weighted by molar-refractivity contribution is -0.148. The van der Waals surface area contributed by atoms with Crippen LogP contribution in [-0.4, -0.2) is 65.4 Å². The first-order valence-electron chi connectivity index (χ1n) is 12.2. The molecule has 0 spiro atoms. The predicted octanol–water partition coefficient (Wildman–Crippen LogP) is 3.38. The summed E-state index contributed by atoms with van der Waals surface area (Å²) in [6, 6.07) is 16.4. The van der Waals surface area contributed by atoms with E-state index in [1.807, 2.05) is 24.3 Å². The Morgan fingerprint density at radius 1 is 0.943 bits per heavy atom. The first kappa shape index (κ1) is 24.7. The van der Waals surface area contributed by atoms with Crippen LogP contribution in [0.2, 0.25) is 0 Å². The number of carbonyl (C=O) groups excluding carboxylic acids is 2. The number of rotatable bonds is 9. The van der Waals surface area contributed by atoms with Gasteiger partial charge in [0.05, 0.1) is 12.0 Å². The van der Waals surface area contributed by atoms with Gasteiger partial charge in [0.1, 0.15) is 6.61 Å². The van der Waals surface area contributed by atoms with Crippen LogP contribution in [0, 0.1) is 5.92 Å². The van der Waals surface area contributed by atoms with E-state index in [-0.39, 0.29) is 37.9 Å². The molecule has 0 radical (unpaired) electrons. The Kier molecular flexibility index (Phi) is 8.02. The molecule has 1 saturated heterocycles. The minimum absolute atomic E-state index is 0.0215. The molecule has 2 amide bonds. The van der Waals surface area contributed by atoms with Crippen molar-refractivity contribution < 1.29 is 29.3 Å². The van der Waals surface area contributed by atoms with Crippen LogP contribution in [0.3, 0.4) is 0 Å². The quantitative estimate of drug-likeness (QED) is 0.474. The number of likely N-dealkylation sites (tertiary alicyclic amines) is 1. The van der Waals surface area contributed by atoms with Crippen molar-refractivity contribution in [2.75, 3.05) is 26.2 Å². The maximum atomic E-state index is 12.4. The zero-order valence-corrected chi connectivity index (χ0v) is 19.7. The summed E-state index contributed by atoms with van der Waals surface area (Å²) in [5.41, 5.74) is 4.71. The molecule has 8 nitrogen and oxygen atoms in total. The Morgan fingerprint density at radius 3 is 2.26 bits per heavy atom. The normalized spacial score (nSPS) is 19.1. The van der Waals surface area contributed by atoms with E-state index in [0.29, 0.717) is 25.8 Å². The highest BCUT2D eigenvalue weighted by Crippen LogP contribution is 2.44. The summed E-state index contributed by atoms with van der Waals surface area (Å²) in [6.45, 7) is 1.06. The van der Waals surface area contributed by atoms with Crippen LogP contribution in [0.1, 0.15) is 49.1 Å².